The van der Waals surface area contributed by atoms with E-state index in [0.717, 1.165) is 69.4 Å². The molecular formula is C29H39N5O2. The van der Waals surface area contributed by atoms with Crippen LogP contribution in [0.5, 0.6) is 0 Å². The van der Waals surface area contributed by atoms with E-state index in [9.17, 15) is 9.59 Å². The maximum absolute atomic E-state index is 14.0. The van der Waals surface area contributed by atoms with Crippen molar-refractivity contribution < 1.29 is 9.59 Å². The minimum Gasteiger partial charge on any atom is -0.343 e. The van der Waals surface area contributed by atoms with Crippen molar-refractivity contribution in [2.45, 2.75) is 76.4 Å². The van der Waals surface area contributed by atoms with Crippen LogP contribution in [0, 0.1) is 5.92 Å². The molecule has 7 heteroatoms. The number of para-hydroxylation sites is 1. The van der Waals surface area contributed by atoms with Crippen molar-refractivity contribution in [1.29, 1.82) is 0 Å². The molecule has 3 unspecified atom stereocenters. The number of hydrogen-bond acceptors (Lipinski definition) is 5. The van der Waals surface area contributed by atoms with Crippen molar-refractivity contribution in [2.75, 3.05) is 25.0 Å². The quantitative estimate of drug-likeness (QED) is 0.612. The van der Waals surface area contributed by atoms with Gasteiger partial charge in [0.2, 0.25) is 11.8 Å². The van der Waals surface area contributed by atoms with Gasteiger partial charge in [0, 0.05) is 25.0 Å². The third kappa shape index (κ3) is 4.99. The van der Waals surface area contributed by atoms with Crippen LogP contribution in [-0.2, 0) is 16.0 Å². The van der Waals surface area contributed by atoms with Gasteiger partial charge in [-0.1, -0.05) is 37.5 Å². The van der Waals surface area contributed by atoms with E-state index in [0.29, 0.717) is 0 Å². The number of aromatic nitrogens is 1. The maximum atomic E-state index is 14.0. The molecule has 1 aliphatic carbocycles. The van der Waals surface area contributed by atoms with Gasteiger partial charge in [0.05, 0.1) is 12.1 Å². The van der Waals surface area contributed by atoms with Gasteiger partial charge in [-0.25, -0.2) is 4.98 Å². The SMILES string of the molecule is CNC(C)C(=O)NC(C(=O)N1CCCC1c1ccnc(N2CCc3ccccc32)c1)C1CCCCC1. The topological polar surface area (TPSA) is 77.6 Å². The second-order valence-electron chi connectivity index (χ2n) is 10.6. The van der Waals surface area contributed by atoms with Gasteiger partial charge in [-0.3, -0.25) is 9.59 Å². The largest absolute Gasteiger partial charge is 0.343 e. The fourth-order valence-corrected chi connectivity index (χ4v) is 6.18. The lowest BCUT2D eigenvalue weighted by atomic mass is 9.83. The smallest absolute Gasteiger partial charge is 0.245 e. The van der Waals surface area contributed by atoms with Crippen LogP contribution in [0.3, 0.4) is 0 Å². The average molecular weight is 490 g/mol. The van der Waals surface area contributed by atoms with Gasteiger partial charge < -0.3 is 20.4 Å². The first-order valence-electron chi connectivity index (χ1n) is 13.7. The lowest BCUT2D eigenvalue weighted by Crippen LogP contribution is -2.55. The highest BCUT2D eigenvalue weighted by Gasteiger charge is 2.39. The normalized spacial score (nSPS) is 21.8. The Morgan fingerprint density at radius 1 is 1.03 bits per heavy atom. The van der Waals surface area contributed by atoms with Gasteiger partial charge in [0.15, 0.2) is 0 Å². The van der Waals surface area contributed by atoms with Gasteiger partial charge in [0.1, 0.15) is 11.9 Å². The third-order valence-corrected chi connectivity index (χ3v) is 8.37. The number of nitrogens with one attached hydrogen (secondary N) is 2. The highest BCUT2D eigenvalue weighted by molar-refractivity contribution is 5.90. The molecule has 2 fully saturated rings. The summed E-state index contributed by atoms with van der Waals surface area (Å²) in [5, 5.41) is 6.15. The molecular weight excluding hydrogens is 450 g/mol. The van der Waals surface area contributed by atoms with Crippen molar-refractivity contribution in [3.05, 3.63) is 53.7 Å². The van der Waals surface area contributed by atoms with Crippen LogP contribution in [0.4, 0.5) is 11.5 Å². The number of likely N-dealkylation sites (tertiary alicyclic amines) is 1. The molecule has 36 heavy (non-hydrogen) atoms. The number of benzene rings is 1. The van der Waals surface area contributed by atoms with E-state index in [2.05, 4.69) is 51.9 Å². The summed E-state index contributed by atoms with van der Waals surface area (Å²) >= 11 is 0. The van der Waals surface area contributed by atoms with Crippen LogP contribution in [-0.4, -0.2) is 53.9 Å². The summed E-state index contributed by atoms with van der Waals surface area (Å²) in [6.45, 7) is 3.49. The summed E-state index contributed by atoms with van der Waals surface area (Å²) in [6.07, 6.45) is 10.3. The Labute approximate surface area is 214 Å². The molecule has 1 saturated heterocycles. The predicted molar refractivity (Wildman–Crippen MR) is 142 cm³/mol. The third-order valence-electron chi connectivity index (χ3n) is 8.37. The molecule has 7 nitrogen and oxygen atoms in total. The Bertz CT molecular complexity index is 1080. The van der Waals surface area contributed by atoms with Crippen molar-refractivity contribution in [2.24, 2.45) is 5.92 Å². The number of amides is 2. The molecule has 1 aromatic carbocycles. The molecule has 3 heterocycles. The number of nitrogens with zero attached hydrogens (tertiary/aromatic N) is 3. The van der Waals surface area contributed by atoms with Gasteiger partial charge in [-0.05, 0) is 81.3 Å². The summed E-state index contributed by atoms with van der Waals surface area (Å²) < 4.78 is 0. The van der Waals surface area contributed by atoms with E-state index in [1.165, 1.54) is 17.7 Å². The van der Waals surface area contributed by atoms with E-state index in [1.54, 1.807) is 7.05 Å². The second-order valence-corrected chi connectivity index (χ2v) is 10.6. The van der Waals surface area contributed by atoms with Crippen LogP contribution in [0.15, 0.2) is 42.6 Å². The Balaban J connectivity index is 1.38. The molecule has 1 aromatic heterocycles. The minimum absolute atomic E-state index is 0.0156. The highest BCUT2D eigenvalue weighted by Crippen LogP contribution is 2.38. The monoisotopic (exact) mass is 489 g/mol. The first-order chi connectivity index (χ1) is 17.6. The van der Waals surface area contributed by atoms with E-state index in [-0.39, 0.29) is 29.8 Å². The molecule has 5 rings (SSSR count). The van der Waals surface area contributed by atoms with E-state index >= 15 is 0 Å². The van der Waals surface area contributed by atoms with Crippen molar-refractivity contribution in [1.82, 2.24) is 20.5 Å². The number of rotatable bonds is 7. The van der Waals surface area contributed by atoms with Gasteiger partial charge in [0.25, 0.3) is 0 Å². The number of hydrogen-bond donors (Lipinski definition) is 2. The van der Waals surface area contributed by atoms with E-state index in [4.69, 9.17) is 4.98 Å². The number of anilines is 2. The maximum Gasteiger partial charge on any atom is 0.245 e. The lowest BCUT2D eigenvalue weighted by molar-refractivity contribution is -0.139. The van der Waals surface area contributed by atoms with Crippen LogP contribution in [0.1, 0.15) is 69.0 Å². The summed E-state index contributed by atoms with van der Waals surface area (Å²) in [7, 11) is 1.78. The van der Waals surface area contributed by atoms with Gasteiger partial charge in [-0.2, -0.15) is 0 Å². The van der Waals surface area contributed by atoms with Crippen LogP contribution < -0.4 is 15.5 Å². The molecule has 2 aromatic rings. The van der Waals surface area contributed by atoms with Gasteiger partial charge in [-0.15, -0.1) is 0 Å². The number of pyridine rings is 1. The van der Waals surface area contributed by atoms with Crippen LogP contribution in [0.2, 0.25) is 0 Å². The zero-order valence-electron chi connectivity index (χ0n) is 21.6. The van der Waals surface area contributed by atoms with Gasteiger partial charge >= 0.3 is 0 Å². The summed E-state index contributed by atoms with van der Waals surface area (Å²) in [5.41, 5.74) is 3.71. The average Bonchev–Trinajstić information content (AvgIpc) is 3.59. The zero-order chi connectivity index (χ0) is 25.1. The summed E-state index contributed by atoms with van der Waals surface area (Å²) in [6, 6.07) is 12.0. The fourth-order valence-electron chi connectivity index (χ4n) is 6.18. The molecule has 0 bridgehead atoms. The van der Waals surface area contributed by atoms with E-state index in [1.807, 2.05) is 18.0 Å². The first kappa shape index (κ1) is 24.8. The molecule has 3 aliphatic rings. The Hall–Kier alpha value is -2.93. The Morgan fingerprint density at radius 3 is 2.64 bits per heavy atom. The van der Waals surface area contributed by atoms with E-state index < -0.39 is 6.04 Å². The molecule has 2 aliphatic heterocycles. The minimum atomic E-state index is -0.457. The molecule has 3 atom stereocenters. The molecule has 0 spiro atoms. The Morgan fingerprint density at radius 2 is 1.83 bits per heavy atom. The molecule has 192 valence electrons. The second kappa shape index (κ2) is 11.0. The van der Waals surface area contributed by atoms with Crippen molar-refractivity contribution >= 4 is 23.3 Å². The van der Waals surface area contributed by atoms with Crippen molar-refractivity contribution in [3.63, 3.8) is 0 Å². The molecule has 2 amide bonds. The number of likely N-dealkylation sites (N-methyl/N-ethyl adjacent to an activating group) is 1. The molecule has 2 N–H and O–H groups in total. The molecule has 1 saturated carbocycles. The Kier molecular flexibility index (Phi) is 7.56. The predicted octanol–water partition coefficient (Wildman–Crippen LogP) is 4.11. The highest BCUT2D eigenvalue weighted by atomic mass is 16.2. The number of carbonyl (C=O) groups excluding carboxylic acids is 2. The first-order valence-corrected chi connectivity index (χ1v) is 13.7. The van der Waals surface area contributed by atoms with Crippen molar-refractivity contribution in [3.8, 4) is 0 Å². The fraction of sp³-hybridized carbons (Fsp3) is 0.552. The molecule has 0 radical (unpaired) electrons. The van der Waals surface area contributed by atoms with Crippen LogP contribution in [0.25, 0.3) is 0 Å². The standard InChI is InChI=1S/C29H39N5O2/c1-20(30-2)28(35)32-27(22-10-4-3-5-11-22)29(36)34-17-8-13-25(34)23-14-16-31-26(19-23)33-18-15-21-9-6-7-12-24(21)33/h6-7,9,12,14,16,19-20,22,25,27,30H,3-5,8,10-11,13,15,17-18H2,1-2H3,(H,32,35). The zero-order valence-corrected chi connectivity index (χ0v) is 21.6. The number of fused-ring (bicyclic) bond motifs is 1. The summed E-state index contributed by atoms with van der Waals surface area (Å²) in [5.74, 6) is 1.12. The van der Waals surface area contributed by atoms with Crippen LogP contribution >= 0.6 is 0 Å². The summed E-state index contributed by atoms with van der Waals surface area (Å²) in [4.78, 5) is 35.9. The lowest BCUT2D eigenvalue weighted by Gasteiger charge is -2.35. The number of carbonyl (C=O) groups is 2.